The van der Waals surface area contributed by atoms with Gasteiger partial charge in [0.2, 0.25) is 11.7 Å². The van der Waals surface area contributed by atoms with Gasteiger partial charge >= 0.3 is 5.97 Å². The number of rotatable bonds is 5. The summed E-state index contributed by atoms with van der Waals surface area (Å²) in [6.07, 6.45) is -0.0796. The highest BCUT2D eigenvalue weighted by atomic mass is 32.2. The molecule has 0 unspecified atom stereocenters. The SMILES string of the molecule is O=C(C[C@@H]1Sc2ccccc2NC1=O)OCc1nc(-c2ccc(F)cc2)no1. The normalized spacial score (nSPS) is 15.6. The average molecular weight is 399 g/mol. The van der Waals surface area contributed by atoms with E-state index in [0.717, 1.165) is 10.6 Å². The quantitative estimate of drug-likeness (QED) is 0.657. The van der Waals surface area contributed by atoms with Crippen molar-refractivity contribution in [3.05, 3.63) is 60.2 Å². The summed E-state index contributed by atoms with van der Waals surface area (Å²) in [4.78, 5) is 29.3. The summed E-state index contributed by atoms with van der Waals surface area (Å²) in [5.41, 5.74) is 1.32. The van der Waals surface area contributed by atoms with Gasteiger partial charge in [0.15, 0.2) is 6.61 Å². The highest BCUT2D eigenvalue weighted by molar-refractivity contribution is 8.01. The van der Waals surface area contributed by atoms with Gasteiger partial charge in [-0.15, -0.1) is 11.8 Å². The van der Waals surface area contributed by atoms with E-state index in [1.165, 1.54) is 36.0 Å². The molecule has 7 nitrogen and oxygen atoms in total. The molecule has 0 radical (unpaired) electrons. The molecule has 0 fully saturated rings. The number of hydrogen-bond donors (Lipinski definition) is 1. The molecule has 2 heterocycles. The summed E-state index contributed by atoms with van der Waals surface area (Å²) in [5.74, 6) is -0.775. The Morgan fingerprint density at radius 3 is 2.82 bits per heavy atom. The van der Waals surface area contributed by atoms with Gasteiger partial charge in [-0.25, -0.2) is 4.39 Å². The van der Waals surface area contributed by atoms with Crippen LogP contribution in [0.15, 0.2) is 57.9 Å². The molecule has 0 aliphatic carbocycles. The fourth-order valence-electron chi connectivity index (χ4n) is 2.61. The number of amides is 1. The van der Waals surface area contributed by atoms with Gasteiger partial charge < -0.3 is 14.6 Å². The van der Waals surface area contributed by atoms with Gasteiger partial charge in [-0.05, 0) is 36.4 Å². The fourth-order valence-corrected chi connectivity index (χ4v) is 3.70. The predicted octanol–water partition coefficient (Wildman–Crippen LogP) is 3.42. The molecule has 1 amide bonds. The highest BCUT2D eigenvalue weighted by Crippen LogP contribution is 2.36. The summed E-state index contributed by atoms with van der Waals surface area (Å²) < 4.78 is 23.2. The molecule has 1 atom stereocenters. The van der Waals surface area contributed by atoms with Crippen LogP contribution < -0.4 is 5.32 Å². The predicted molar refractivity (Wildman–Crippen MR) is 98.8 cm³/mol. The molecule has 0 bridgehead atoms. The number of ether oxygens (including phenoxy) is 1. The molecule has 0 saturated carbocycles. The van der Waals surface area contributed by atoms with Crippen LogP contribution in [0.5, 0.6) is 0 Å². The van der Waals surface area contributed by atoms with E-state index in [9.17, 15) is 14.0 Å². The second kappa shape index (κ2) is 7.81. The lowest BCUT2D eigenvalue weighted by Crippen LogP contribution is -2.31. The molecular formula is C19H14FN3O4S. The van der Waals surface area contributed by atoms with Crippen molar-refractivity contribution in [1.82, 2.24) is 10.1 Å². The number of nitrogens with one attached hydrogen (secondary N) is 1. The van der Waals surface area contributed by atoms with Crippen molar-refractivity contribution >= 4 is 29.3 Å². The van der Waals surface area contributed by atoms with E-state index in [0.29, 0.717) is 5.56 Å². The number of carbonyl (C=O) groups is 2. The van der Waals surface area contributed by atoms with Crippen molar-refractivity contribution in [2.75, 3.05) is 5.32 Å². The van der Waals surface area contributed by atoms with Crippen LogP contribution in [-0.4, -0.2) is 27.3 Å². The molecule has 1 N–H and O–H groups in total. The second-order valence-corrected chi connectivity index (χ2v) is 7.22. The van der Waals surface area contributed by atoms with Gasteiger partial charge in [0, 0.05) is 10.5 Å². The Kier molecular flexibility index (Phi) is 5.07. The summed E-state index contributed by atoms with van der Waals surface area (Å²) in [6.45, 7) is -0.206. The lowest BCUT2D eigenvalue weighted by Gasteiger charge is -2.23. The average Bonchev–Trinajstić information content (AvgIpc) is 3.16. The van der Waals surface area contributed by atoms with Crippen LogP contribution in [0.4, 0.5) is 10.1 Å². The Morgan fingerprint density at radius 2 is 2.00 bits per heavy atom. The zero-order chi connectivity index (χ0) is 19.5. The standard InChI is InChI=1S/C19H14FN3O4S/c20-12-7-5-11(6-8-12)18-22-16(27-23-18)10-26-17(24)9-15-19(25)21-13-3-1-2-4-14(13)28-15/h1-8,15H,9-10H2,(H,21,25)/t15-/m0/s1. The maximum absolute atomic E-state index is 13.0. The minimum atomic E-state index is -0.570. The van der Waals surface area contributed by atoms with Crippen LogP contribution in [0.3, 0.4) is 0 Å². The number of benzene rings is 2. The largest absolute Gasteiger partial charge is 0.456 e. The fraction of sp³-hybridized carbons (Fsp3) is 0.158. The van der Waals surface area contributed by atoms with E-state index >= 15 is 0 Å². The molecule has 1 aliphatic heterocycles. The van der Waals surface area contributed by atoms with Crippen molar-refractivity contribution in [3.63, 3.8) is 0 Å². The van der Waals surface area contributed by atoms with Crippen LogP contribution in [0.2, 0.25) is 0 Å². The summed E-state index contributed by atoms with van der Waals surface area (Å²) in [7, 11) is 0. The number of nitrogens with zero attached hydrogens (tertiary/aromatic N) is 2. The van der Waals surface area contributed by atoms with Crippen molar-refractivity contribution in [3.8, 4) is 11.4 Å². The van der Waals surface area contributed by atoms with E-state index in [1.54, 1.807) is 0 Å². The zero-order valence-corrected chi connectivity index (χ0v) is 15.2. The molecule has 1 aliphatic rings. The third-order valence-electron chi connectivity index (χ3n) is 3.99. The Morgan fingerprint density at radius 1 is 1.21 bits per heavy atom. The van der Waals surface area contributed by atoms with Crippen LogP contribution in [0, 0.1) is 5.82 Å². The summed E-state index contributed by atoms with van der Waals surface area (Å²) >= 11 is 1.32. The number of thioether (sulfide) groups is 1. The third-order valence-corrected chi connectivity index (χ3v) is 5.26. The third kappa shape index (κ3) is 4.04. The van der Waals surface area contributed by atoms with E-state index in [4.69, 9.17) is 9.26 Å². The molecular weight excluding hydrogens is 385 g/mol. The first-order valence-corrected chi connectivity index (χ1v) is 9.27. The second-order valence-electron chi connectivity index (χ2n) is 5.98. The number of carbonyl (C=O) groups excluding carboxylic acids is 2. The lowest BCUT2D eigenvalue weighted by molar-refractivity contribution is -0.146. The van der Waals surface area contributed by atoms with Crippen molar-refractivity contribution in [2.45, 2.75) is 23.2 Å². The van der Waals surface area contributed by atoms with E-state index in [1.807, 2.05) is 24.3 Å². The highest BCUT2D eigenvalue weighted by Gasteiger charge is 2.29. The Bertz CT molecular complexity index is 1020. The van der Waals surface area contributed by atoms with Gasteiger partial charge in [-0.3, -0.25) is 9.59 Å². The van der Waals surface area contributed by atoms with Crippen molar-refractivity contribution in [1.29, 1.82) is 0 Å². The number of aromatic nitrogens is 2. The number of hydrogen-bond acceptors (Lipinski definition) is 7. The van der Waals surface area contributed by atoms with Crippen LogP contribution in [0.25, 0.3) is 11.4 Å². The monoisotopic (exact) mass is 399 g/mol. The van der Waals surface area contributed by atoms with Crippen molar-refractivity contribution in [2.24, 2.45) is 0 Å². The lowest BCUT2D eigenvalue weighted by atomic mass is 10.2. The van der Waals surface area contributed by atoms with Crippen LogP contribution in [0.1, 0.15) is 12.3 Å². The number of para-hydroxylation sites is 1. The first kappa shape index (κ1) is 18.2. The smallest absolute Gasteiger partial charge is 0.307 e. The minimum Gasteiger partial charge on any atom is -0.456 e. The van der Waals surface area contributed by atoms with Crippen LogP contribution >= 0.6 is 11.8 Å². The van der Waals surface area contributed by atoms with Gasteiger partial charge in [0.1, 0.15) is 5.82 Å². The number of esters is 1. The molecule has 4 rings (SSSR count). The number of anilines is 1. The maximum atomic E-state index is 13.0. The molecule has 28 heavy (non-hydrogen) atoms. The van der Waals surface area contributed by atoms with E-state index < -0.39 is 11.2 Å². The summed E-state index contributed by atoms with van der Waals surface area (Å²) in [6, 6.07) is 13.0. The number of fused-ring (bicyclic) bond motifs is 1. The molecule has 142 valence electrons. The van der Waals surface area contributed by atoms with Gasteiger partial charge in [0.05, 0.1) is 17.4 Å². The van der Waals surface area contributed by atoms with Gasteiger partial charge in [0.25, 0.3) is 5.89 Å². The van der Waals surface area contributed by atoms with E-state index in [2.05, 4.69) is 15.5 Å². The number of halogens is 1. The molecule has 0 spiro atoms. The first-order valence-electron chi connectivity index (χ1n) is 8.39. The topological polar surface area (TPSA) is 94.3 Å². The molecule has 0 saturated heterocycles. The Balaban J connectivity index is 1.33. The minimum absolute atomic E-state index is 0.0796. The molecule has 2 aromatic carbocycles. The van der Waals surface area contributed by atoms with Gasteiger partial charge in [-0.1, -0.05) is 17.3 Å². The van der Waals surface area contributed by atoms with Gasteiger partial charge in [-0.2, -0.15) is 4.98 Å². The summed E-state index contributed by atoms with van der Waals surface area (Å²) in [5, 5.41) is 5.99. The zero-order valence-electron chi connectivity index (χ0n) is 14.4. The molecule has 9 heteroatoms. The van der Waals surface area contributed by atoms with E-state index in [-0.39, 0.29) is 36.5 Å². The maximum Gasteiger partial charge on any atom is 0.307 e. The van der Waals surface area contributed by atoms with Crippen LogP contribution in [-0.2, 0) is 20.9 Å². The Hall–Kier alpha value is -3.20. The first-order chi connectivity index (χ1) is 13.6. The molecule has 1 aromatic heterocycles. The van der Waals surface area contributed by atoms with Crippen molar-refractivity contribution < 1.29 is 23.2 Å². The molecule has 3 aromatic rings. The Labute approximate surface area is 163 Å².